The molecule has 0 saturated heterocycles. The molecule has 0 atom stereocenters. The molecule has 0 spiro atoms. The molecule has 8 heteroatoms. The third kappa shape index (κ3) is 3.37. The summed E-state index contributed by atoms with van der Waals surface area (Å²) in [6, 6.07) is 8.86. The van der Waals surface area contributed by atoms with Crippen LogP contribution in [0.15, 0.2) is 35.1 Å². The van der Waals surface area contributed by atoms with E-state index in [9.17, 15) is 9.59 Å². The zero-order valence-electron chi connectivity index (χ0n) is 13.2. The molecule has 2 heterocycles. The predicted octanol–water partition coefficient (Wildman–Crippen LogP) is 1.48. The number of esters is 1. The van der Waals surface area contributed by atoms with Gasteiger partial charge in [-0.2, -0.15) is 4.98 Å². The zero-order valence-corrected chi connectivity index (χ0v) is 13.2. The van der Waals surface area contributed by atoms with Crippen LogP contribution in [0.5, 0.6) is 0 Å². The summed E-state index contributed by atoms with van der Waals surface area (Å²) in [5.74, 6) is 0.0150. The molecule has 24 heavy (non-hydrogen) atoms. The van der Waals surface area contributed by atoms with Gasteiger partial charge in [-0.05, 0) is 13.0 Å². The maximum absolute atomic E-state index is 11.7. The number of ether oxygens (including phenoxy) is 1. The van der Waals surface area contributed by atoms with Crippen LogP contribution in [-0.2, 0) is 16.0 Å². The lowest BCUT2D eigenvalue weighted by Crippen LogP contribution is -2.15. The number of nitrogens with one attached hydrogen (secondary N) is 2. The first-order valence-corrected chi connectivity index (χ1v) is 7.22. The first-order valence-electron chi connectivity index (χ1n) is 7.22. The predicted molar refractivity (Wildman–Crippen MR) is 88.1 cm³/mol. The van der Waals surface area contributed by atoms with Crippen molar-refractivity contribution in [3.05, 3.63) is 52.1 Å². The van der Waals surface area contributed by atoms with Gasteiger partial charge in [0, 0.05) is 17.1 Å². The van der Waals surface area contributed by atoms with Crippen LogP contribution in [0, 0.1) is 6.92 Å². The maximum atomic E-state index is 11.7. The van der Waals surface area contributed by atoms with E-state index in [-0.39, 0.29) is 12.4 Å². The monoisotopic (exact) mass is 325 g/mol. The van der Waals surface area contributed by atoms with E-state index in [2.05, 4.69) is 30.0 Å². The summed E-state index contributed by atoms with van der Waals surface area (Å²) in [5.41, 5.74) is 1.49. The Morgan fingerprint density at radius 2 is 2.04 bits per heavy atom. The fraction of sp³-hybridized carbons (Fsp3) is 0.188. The third-order valence-electron chi connectivity index (χ3n) is 3.39. The van der Waals surface area contributed by atoms with Crippen LogP contribution in [-0.4, -0.2) is 33.0 Å². The second-order valence-electron chi connectivity index (χ2n) is 5.12. The second-order valence-corrected chi connectivity index (χ2v) is 5.12. The highest BCUT2D eigenvalue weighted by Gasteiger charge is 2.09. The lowest BCUT2D eigenvalue weighted by Gasteiger charge is -2.08. The number of carbonyl (C=O) groups excluding carboxylic acids is 1. The van der Waals surface area contributed by atoms with Gasteiger partial charge in [0.15, 0.2) is 0 Å². The fourth-order valence-corrected chi connectivity index (χ4v) is 2.29. The highest BCUT2D eigenvalue weighted by molar-refractivity contribution is 5.81. The highest BCUT2D eigenvalue weighted by atomic mass is 16.5. The number of aromatic nitrogens is 4. The van der Waals surface area contributed by atoms with Gasteiger partial charge < -0.3 is 9.72 Å². The number of hydrogen-bond donors (Lipinski definition) is 2. The quantitative estimate of drug-likeness (QED) is 0.699. The molecule has 3 aromatic rings. The molecule has 0 aliphatic carbocycles. The van der Waals surface area contributed by atoms with Gasteiger partial charge in [0.25, 0.3) is 5.56 Å². The highest BCUT2D eigenvalue weighted by Crippen LogP contribution is 2.17. The summed E-state index contributed by atoms with van der Waals surface area (Å²) in [7, 11) is 1.28. The van der Waals surface area contributed by atoms with E-state index in [4.69, 9.17) is 0 Å². The fourth-order valence-electron chi connectivity index (χ4n) is 2.29. The minimum absolute atomic E-state index is 0.0550. The van der Waals surface area contributed by atoms with Crippen molar-refractivity contribution in [1.29, 1.82) is 0 Å². The van der Waals surface area contributed by atoms with Crippen molar-refractivity contribution in [2.45, 2.75) is 13.3 Å². The SMILES string of the molecule is COC(=O)Cc1cc(=O)nc(Nc2nc(C)c3ccccc3n2)[nH]1. The molecular weight excluding hydrogens is 310 g/mol. The van der Waals surface area contributed by atoms with Gasteiger partial charge >= 0.3 is 5.97 Å². The Bertz CT molecular complexity index is 967. The van der Waals surface area contributed by atoms with Crippen LogP contribution in [0.4, 0.5) is 11.9 Å². The molecule has 2 aromatic heterocycles. The summed E-state index contributed by atoms with van der Waals surface area (Å²) in [6.07, 6.45) is -0.0550. The van der Waals surface area contributed by atoms with Gasteiger partial charge in [0.2, 0.25) is 11.9 Å². The number of nitrogens with zero attached hydrogens (tertiary/aromatic N) is 3. The lowest BCUT2D eigenvalue weighted by molar-refractivity contribution is -0.139. The van der Waals surface area contributed by atoms with E-state index in [1.807, 2.05) is 31.2 Å². The summed E-state index contributed by atoms with van der Waals surface area (Å²) in [6.45, 7) is 1.87. The van der Waals surface area contributed by atoms with E-state index < -0.39 is 11.5 Å². The molecule has 0 aliphatic rings. The Balaban J connectivity index is 1.93. The molecular formula is C16H15N5O3. The number of rotatable bonds is 4. The largest absolute Gasteiger partial charge is 0.469 e. The smallest absolute Gasteiger partial charge is 0.311 e. The first-order chi connectivity index (χ1) is 11.5. The number of para-hydroxylation sites is 1. The second kappa shape index (κ2) is 6.45. The van der Waals surface area contributed by atoms with Crippen LogP contribution >= 0.6 is 0 Å². The number of H-pyrrole nitrogens is 1. The third-order valence-corrected chi connectivity index (χ3v) is 3.39. The van der Waals surface area contributed by atoms with Gasteiger partial charge in [0.05, 0.1) is 24.7 Å². The molecule has 8 nitrogen and oxygen atoms in total. The number of aromatic amines is 1. The minimum Gasteiger partial charge on any atom is -0.469 e. The van der Waals surface area contributed by atoms with E-state index in [0.717, 1.165) is 16.6 Å². The molecule has 0 aliphatic heterocycles. The number of hydrogen-bond acceptors (Lipinski definition) is 7. The Labute approximate surface area is 136 Å². The minimum atomic E-state index is -0.479. The van der Waals surface area contributed by atoms with Gasteiger partial charge in [0.1, 0.15) is 0 Å². The topological polar surface area (TPSA) is 110 Å². The number of carbonyl (C=O) groups is 1. The summed E-state index contributed by atoms with van der Waals surface area (Å²) < 4.78 is 4.59. The average molecular weight is 325 g/mol. The lowest BCUT2D eigenvalue weighted by atomic mass is 10.2. The standard InChI is InChI=1S/C16H15N5O3/c1-9-11-5-3-4-6-12(11)19-15(17-9)21-16-18-10(7-13(22)20-16)8-14(23)24-2/h3-7H,8H2,1-2H3,(H2,17,18,19,20,21,22). The van der Waals surface area contributed by atoms with Gasteiger partial charge in [-0.15, -0.1) is 0 Å². The van der Waals surface area contributed by atoms with Crippen molar-refractivity contribution < 1.29 is 9.53 Å². The normalized spacial score (nSPS) is 10.6. The van der Waals surface area contributed by atoms with E-state index >= 15 is 0 Å². The molecule has 3 rings (SSSR count). The van der Waals surface area contributed by atoms with Crippen LogP contribution < -0.4 is 10.9 Å². The average Bonchev–Trinajstić information content (AvgIpc) is 2.54. The molecule has 0 saturated carbocycles. The Morgan fingerprint density at radius 1 is 1.25 bits per heavy atom. The van der Waals surface area contributed by atoms with Crippen molar-refractivity contribution in [3.8, 4) is 0 Å². The molecule has 0 unspecified atom stereocenters. The van der Waals surface area contributed by atoms with Crippen LogP contribution in [0.25, 0.3) is 10.9 Å². The first kappa shape index (κ1) is 15.6. The summed E-state index contributed by atoms with van der Waals surface area (Å²) in [4.78, 5) is 38.5. The number of anilines is 2. The molecule has 0 radical (unpaired) electrons. The maximum Gasteiger partial charge on any atom is 0.311 e. The molecule has 0 amide bonds. The van der Waals surface area contributed by atoms with Crippen LogP contribution in [0.1, 0.15) is 11.4 Å². The molecule has 0 bridgehead atoms. The van der Waals surface area contributed by atoms with Crippen molar-refractivity contribution in [2.24, 2.45) is 0 Å². The van der Waals surface area contributed by atoms with Crippen molar-refractivity contribution in [3.63, 3.8) is 0 Å². The number of methoxy groups -OCH3 is 1. The number of aryl methyl sites for hydroxylation is 1. The van der Waals surface area contributed by atoms with Gasteiger partial charge in [-0.25, -0.2) is 9.97 Å². The summed E-state index contributed by atoms with van der Waals surface area (Å²) >= 11 is 0. The Kier molecular flexibility index (Phi) is 4.19. The van der Waals surface area contributed by atoms with Crippen LogP contribution in [0.2, 0.25) is 0 Å². The molecule has 122 valence electrons. The van der Waals surface area contributed by atoms with E-state index in [1.54, 1.807) is 0 Å². The van der Waals surface area contributed by atoms with Crippen LogP contribution in [0.3, 0.4) is 0 Å². The summed E-state index contributed by atoms with van der Waals surface area (Å²) in [5, 5.41) is 3.82. The zero-order chi connectivity index (χ0) is 17.1. The number of benzene rings is 1. The molecule has 0 fully saturated rings. The Hall–Kier alpha value is -3.29. The Morgan fingerprint density at radius 3 is 2.83 bits per heavy atom. The molecule has 2 N–H and O–H groups in total. The van der Waals surface area contributed by atoms with Crippen molar-refractivity contribution >= 4 is 28.8 Å². The molecule has 1 aromatic carbocycles. The van der Waals surface area contributed by atoms with Gasteiger partial charge in [-0.1, -0.05) is 18.2 Å². The van der Waals surface area contributed by atoms with Crippen molar-refractivity contribution in [2.75, 3.05) is 12.4 Å². The van der Waals surface area contributed by atoms with Gasteiger partial charge in [-0.3, -0.25) is 14.9 Å². The van der Waals surface area contributed by atoms with E-state index in [1.165, 1.54) is 13.2 Å². The van der Waals surface area contributed by atoms with Crippen molar-refractivity contribution in [1.82, 2.24) is 19.9 Å². The number of fused-ring (bicyclic) bond motifs is 1. The van der Waals surface area contributed by atoms with E-state index in [0.29, 0.717) is 11.6 Å².